The standard InChI is InChI=1S/C19H23N3O3/c1-24-16-5-7-17(8-6-16)25-13-14-3-2-10-22(12-14)19(23)15-4-9-18(20)21-11-15/h4-9,11,14H,2-3,10,12-13H2,1H3,(H2,20,21)/t14-/m1/s1. The predicted octanol–water partition coefficient (Wildman–Crippen LogP) is 2.60. The molecule has 3 rings (SSSR count). The molecule has 6 heteroatoms. The van der Waals surface area contributed by atoms with Crippen molar-refractivity contribution in [3.05, 3.63) is 48.2 Å². The van der Waals surface area contributed by atoms with Crippen molar-refractivity contribution in [1.29, 1.82) is 0 Å². The van der Waals surface area contributed by atoms with Gasteiger partial charge in [-0.3, -0.25) is 4.79 Å². The van der Waals surface area contributed by atoms with Gasteiger partial charge in [-0.1, -0.05) is 0 Å². The number of hydrogen-bond donors (Lipinski definition) is 1. The fraction of sp³-hybridized carbons (Fsp3) is 0.368. The van der Waals surface area contributed by atoms with Gasteiger partial charge in [0.05, 0.1) is 19.3 Å². The highest BCUT2D eigenvalue weighted by molar-refractivity contribution is 5.94. The van der Waals surface area contributed by atoms with Gasteiger partial charge in [0.25, 0.3) is 5.91 Å². The van der Waals surface area contributed by atoms with Crippen molar-refractivity contribution in [2.24, 2.45) is 5.92 Å². The molecule has 0 bridgehead atoms. The molecule has 0 spiro atoms. The third-order valence-electron chi connectivity index (χ3n) is 4.38. The lowest BCUT2D eigenvalue weighted by Crippen LogP contribution is -2.41. The van der Waals surface area contributed by atoms with Gasteiger partial charge >= 0.3 is 0 Å². The van der Waals surface area contributed by atoms with E-state index >= 15 is 0 Å². The van der Waals surface area contributed by atoms with Crippen molar-refractivity contribution in [2.45, 2.75) is 12.8 Å². The van der Waals surface area contributed by atoms with Crippen molar-refractivity contribution < 1.29 is 14.3 Å². The molecule has 0 radical (unpaired) electrons. The van der Waals surface area contributed by atoms with Crippen LogP contribution < -0.4 is 15.2 Å². The highest BCUT2D eigenvalue weighted by Gasteiger charge is 2.25. The lowest BCUT2D eigenvalue weighted by atomic mass is 9.98. The van der Waals surface area contributed by atoms with Crippen LogP contribution in [-0.4, -0.2) is 42.6 Å². The molecule has 1 amide bonds. The number of aromatic nitrogens is 1. The number of likely N-dealkylation sites (tertiary alicyclic amines) is 1. The van der Waals surface area contributed by atoms with Crippen LogP contribution in [0.15, 0.2) is 42.6 Å². The zero-order valence-corrected chi connectivity index (χ0v) is 14.4. The Bertz CT molecular complexity index is 701. The second kappa shape index (κ2) is 7.88. The molecular formula is C19H23N3O3. The first-order valence-corrected chi connectivity index (χ1v) is 8.43. The minimum atomic E-state index is 0.00153. The van der Waals surface area contributed by atoms with Crippen LogP contribution in [0.2, 0.25) is 0 Å². The number of nitrogens with zero attached hydrogens (tertiary/aromatic N) is 2. The molecule has 2 heterocycles. The minimum Gasteiger partial charge on any atom is -0.497 e. The minimum absolute atomic E-state index is 0.00153. The molecule has 1 atom stereocenters. The quantitative estimate of drug-likeness (QED) is 0.904. The van der Waals surface area contributed by atoms with E-state index in [9.17, 15) is 4.79 Å². The van der Waals surface area contributed by atoms with Crippen molar-refractivity contribution in [1.82, 2.24) is 9.88 Å². The normalized spacial score (nSPS) is 17.2. The monoisotopic (exact) mass is 341 g/mol. The summed E-state index contributed by atoms with van der Waals surface area (Å²) in [4.78, 5) is 18.5. The lowest BCUT2D eigenvalue weighted by Gasteiger charge is -2.32. The third-order valence-corrected chi connectivity index (χ3v) is 4.38. The van der Waals surface area contributed by atoms with E-state index in [0.717, 1.165) is 30.9 Å². The summed E-state index contributed by atoms with van der Waals surface area (Å²) in [5.41, 5.74) is 6.15. The van der Waals surface area contributed by atoms with Crippen LogP contribution in [-0.2, 0) is 0 Å². The summed E-state index contributed by atoms with van der Waals surface area (Å²) >= 11 is 0. The summed E-state index contributed by atoms with van der Waals surface area (Å²) in [7, 11) is 1.64. The van der Waals surface area contributed by atoms with E-state index in [2.05, 4.69) is 4.98 Å². The largest absolute Gasteiger partial charge is 0.497 e. The Morgan fingerprint density at radius 3 is 2.68 bits per heavy atom. The fourth-order valence-corrected chi connectivity index (χ4v) is 2.99. The summed E-state index contributed by atoms with van der Waals surface area (Å²) in [6.45, 7) is 2.05. The summed E-state index contributed by atoms with van der Waals surface area (Å²) in [5.74, 6) is 2.36. The first-order valence-electron chi connectivity index (χ1n) is 8.43. The van der Waals surface area contributed by atoms with Crippen molar-refractivity contribution >= 4 is 11.7 Å². The van der Waals surface area contributed by atoms with E-state index in [4.69, 9.17) is 15.2 Å². The van der Waals surface area contributed by atoms with Gasteiger partial charge in [-0.15, -0.1) is 0 Å². The second-order valence-corrected chi connectivity index (χ2v) is 6.22. The highest BCUT2D eigenvalue weighted by Crippen LogP contribution is 2.22. The second-order valence-electron chi connectivity index (χ2n) is 6.22. The number of carbonyl (C=O) groups excluding carboxylic acids is 1. The Hall–Kier alpha value is -2.76. The Morgan fingerprint density at radius 1 is 1.24 bits per heavy atom. The first kappa shape index (κ1) is 17.1. The van der Waals surface area contributed by atoms with Crippen molar-refractivity contribution in [3.8, 4) is 11.5 Å². The SMILES string of the molecule is COc1ccc(OC[C@@H]2CCCN(C(=O)c3ccc(N)nc3)C2)cc1. The van der Waals surface area contributed by atoms with Gasteiger partial charge in [0.15, 0.2) is 0 Å². The number of anilines is 1. The number of methoxy groups -OCH3 is 1. The van der Waals surface area contributed by atoms with Gasteiger partial charge in [-0.05, 0) is 49.2 Å². The topological polar surface area (TPSA) is 77.7 Å². The zero-order chi connectivity index (χ0) is 17.6. The van der Waals surface area contributed by atoms with E-state index in [1.54, 1.807) is 19.2 Å². The first-order chi connectivity index (χ1) is 12.2. The van der Waals surface area contributed by atoms with Gasteiger partial charge in [0, 0.05) is 25.2 Å². The van der Waals surface area contributed by atoms with Crippen LogP contribution in [0.25, 0.3) is 0 Å². The number of nitrogen functional groups attached to an aromatic ring is 1. The number of nitrogens with two attached hydrogens (primary N) is 1. The van der Waals surface area contributed by atoms with E-state index < -0.39 is 0 Å². The molecule has 0 unspecified atom stereocenters. The number of hydrogen-bond acceptors (Lipinski definition) is 5. The van der Waals surface area contributed by atoms with E-state index in [1.165, 1.54) is 6.20 Å². The Morgan fingerprint density at radius 2 is 2.00 bits per heavy atom. The van der Waals surface area contributed by atoms with Crippen LogP contribution in [0.3, 0.4) is 0 Å². The summed E-state index contributed by atoms with van der Waals surface area (Å²) in [5, 5.41) is 0. The van der Waals surface area contributed by atoms with Gasteiger partial charge < -0.3 is 20.1 Å². The number of carbonyl (C=O) groups is 1. The maximum Gasteiger partial charge on any atom is 0.255 e. The summed E-state index contributed by atoms with van der Waals surface area (Å²) < 4.78 is 11.0. The molecule has 0 saturated carbocycles. The van der Waals surface area contributed by atoms with Crippen molar-refractivity contribution in [3.63, 3.8) is 0 Å². The number of rotatable bonds is 5. The van der Waals surface area contributed by atoms with Gasteiger partial charge in [0.2, 0.25) is 0 Å². The molecule has 2 N–H and O–H groups in total. The molecule has 0 aliphatic carbocycles. The third kappa shape index (κ3) is 4.41. The zero-order valence-electron chi connectivity index (χ0n) is 14.4. The van der Waals surface area contributed by atoms with Gasteiger partial charge in [-0.2, -0.15) is 0 Å². The van der Waals surface area contributed by atoms with Crippen LogP contribution >= 0.6 is 0 Å². The number of amides is 1. The Kier molecular flexibility index (Phi) is 5.38. The number of benzene rings is 1. The summed E-state index contributed by atoms with van der Waals surface area (Å²) in [6, 6.07) is 10.9. The Balaban J connectivity index is 1.55. The van der Waals surface area contributed by atoms with Crippen molar-refractivity contribution in [2.75, 3.05) is 32.5 Å². The number of pyridine rings is 1. The maximum atomic E-state index is 12.6. The van der Waals surface area contributed by atoms with Gasteiger partial charge in [0.1, 0.15) is 17.3 Å². The van der Waals surface area contributed by atoms with Crippen LogP contribution in [0.5, 0.6) is 11.5 Å². The van der Waals surface area contributed by atoms with Crippen LogP contribution in [0.4, 0.5) is 5.82 Å². The average molecular weight is 341 g/mol. The predicted molar refractivity (Wildman–Crippen MR) is 95.8 cm³/mol. The van der Waals surface area contributed by atoms with E-state index in [1.807, 2.05) is 29.2 Å². The molecule has 1 aromatic carbocycles. The molecule has 1 fully saturated rings. The lowest BCUT2D eigenvalue weighted by molar-refractivity contribution is 0.0633. The molecule has 2 aromatic rings. The molecule has 1 saturated heterocycles. The average Bonchev–Trinajstić information content (AvgIpc) is 2.67. The molecule has 132 valence electrons. The van der Waals surface area contributed by atoms with E-state index in [0.29, 0.717) is 30.5 Å². The molecule has 25 heavy (non-hydrogen) atoms. The summed E-state index contributed by atoms with van der Waals surface area (Å²) in [6.07, 6.45) is 3.57. The molecule has 1 aromatic heterocycles. The van der Waals surface area contributed by atoms with Gasteiger partial charge in [-0.25, -0.2) is 4.98 Å². The molecule has 6 nitrogen and oxygen atoms in total. The highest BCUT2D eigenvalue weighted by atomic mass is 16.5. The van der Waals surface area contributed by atoms with Crippen LogP contribution in [0, 0.1) is 5.92 Å². The fourth-order valence-electron chi connectivity index (χ4n) is 2.99. The maximum absolute atomic E-state index is 12.6. The number of ether oxygens (including phenoxy) is 2. The smallest absolute Gasteiger partial charge is 0.255 e. The molecule has 1 aliphatic rings. The molecular weight excluding hydrogens is 318 g/mol. The number of piperidine rings is 1. The van der Waals surface area contributed by atoms with E-state index in [-0.39, 0.29) is 5.91 Å². The van der Waals surface area contributed by atoms with Crippen LogP contribution in [0.1, 0.15) is 23.2 Å². The Labute approximate surface area is 147 Å². The molecule has 1 aliphatic heterocycles.